The third-order valence-corrected chi connectivity index (χ3v) is 2.59. The Labute approximate surface area is 98.1 Å². The van der Waals surface area contributed by atoms with E-state index in [-0.39, 0.29) is 5.56 Å². The van der Waals surface area contributed by atoms with E-state index in [1.165, 1.54) is 10.6 Å². The fraction of sp³-hybridized carbons (Fsp3) is 0.0833. The lowest BCUT2D eigenvalue weighted by atomic mass is 10.2. The summed E-state index contributed by atoms with van der Waals surface area (Å²) < 4.78 is 1.51. The largest absolute Gasteiger partial charge is 0.399 e. The third kappa shape index (κ3) is 1.95. The summed E-state index contributed by atoms with van der Waals surface area (Å²) in [5.41, 5.74) is 7.70. The molecule has 3 nitrogen and oxygen atoms in total. The second-order valence-corrected chi connectivity index (χ2v) is 4.03. The molecule has 0 saturated heterocycles. The fourth-order valence-corrected chi connectivity index (χ4v) is 1.78. The third-order valence-electron chi connectivity index (χ3n) is 2.29. The van der Waals surface area contributed by atoms with Crippen molar-refractivity contribution in [2.45, 2.75) is 6.92 Å². The highest BCUT2D eigenvalue weighted by Gasteiger charge is 2.04. The van der Waals surface area contributed by atoms with E-state index >= 15 is 0 Å². The molecule has 0 unspecified atom stereocenters. The van der Waals surface area contributed by atoms with Crippen LogP contribution in [0.2, 0.25) is 5.02 Å². The highest BCUT2D eigenvalue weighted by molar-refractivity contribution is 6.32. The van der Waals surface area contributed by atoms with Crippen LogP contribution in [-0.2, 0) is 0 Å². The highest BCUT2D eigenvalue weighted by atomic mass is 35.5. The molecule has 0 fully saturated rings. The molecular formula is C12H11ClN2O. The van der Waals surface area contributed by atoms with Gasteiger partial charge in [-0.05, 0) is 30.7 Å². The first-order valence-electron chi connectivity index (χ1n) is 4.82. The number of benzene rings is 1. The van der Waals surface area contributed by atoms with Crippen LogP contribution in [0, 0.1) is 6.92 Å². The zero-order valence-electron chi connectivity index (χ0n) is 8.77. The van der Waals surface area contributed by atoms with Crippen LogP contribution < -0.4 is 11.3 Å². The molecule has 0 aliphatic rings. The Morgan fingerprint density at radius 2 is 2.00 bits per heavy atom. The van der Waals surface area contributed by atoms with E-state index in [0.717, 1.165) is 5.56 Å². The maximum atomic E-state index is 11.7. The minimum atomic E-state index is -0.114. The van der Waals surface area contributed by atoms with Crippen molar-refractivity contribution in [2.24, 2.45) is 0 Å². The van der Waals surface area contributed by atoms with Crippen molar-refractivity contribution >= 4 is 17.3 Å². The first-order valence-corrected chi connectivity index (χ1v) is 5.20. The van der Waals surface area contributed by atoms with Crippen LogP contribution in [0.25, 0.3) is 5.69 Å². The maximum Gasteiger partial charge on any atom is 0.255 e. The number of aromatic nitrogens is 1. The minimum absolute atomic E-state index is 0.114. The Kier molecular flexibility index (Phi) is 2.71. The molecule has 1 aromatic carbocycles. The molecule has 2 aromatic rings. The van der Waals surface area contributed by atoms with Gasteiger partial charge in [-0.1, -0.05) is 17.7 Å². The fourth-order valence-electron chi connectivity index (χ4n) is 1.50. The molecule has 1 heterocycles. The van der Waals surface area contributed by atoms with E-state index in [2.05, 4.69) is 0 Å². The lowest BCUT2D eigenvalue weighted by Crippen LogP contribution is -2.16. The quantitative estimate of drug-likeness (QED) is 0.771. The number of anilines is 1. The monoisotopic (exact) mass is 234 g/mol. The van der Waals surface area contributed by atoms with Crippen LogP contribution in [0.3, 0.4) is 0 Å². The van der Waals surface area contributed by atoms with Gasteiger partial charge in [0.2, 0.25) is 0 Å². The smallest absolute Gasteiger partial charge is 0.255 e. The summed E-state index contributed by atoms with van der Waals surface area (Å²) in [5.74, 6) is 0. The maximum absolute atomic E-state index is 11.7. The molecule has 0 bridgehead atoms. The number of nitrogen functional groups attached to an aromatic ring is 1. The molecule has 0 radical (unpaired) electrons. The van der Waals surface area contributed by atoms with Crippen LogP contribution in [-0.4, -0.2) is 4.57 Å². The first-order chi connectivity index (χ1) is 7.58. The second kappa shape index (κ2) is 4.02. The van der Waals surface area contributed by atoms with Gasteiger partial charge in [0.05, 0.1) is 10.7 Å². The molecular weight excluding hydrogens is 224 g/mol. The van der Waals surface area contributed by atoms with Crippen molar-refractivity contribution in [2.75, 3.05) is 5.73 Å². The van der Waals surface area contributed by atoms with Gasteiger partial charge in [-0.15, -0.1) is 0 Å². The molecule has 0 saturated carbocycles. The zero-order chi connectivity index (χ0) is 11.7. The van der Waals surface area contributed by atoms with E-state index in [4.69, 9.17) is 17.3 Å². The summed E-state index contributed by atoms with van der Waals surface area (Å²) in [7, 11) is 0. The van der Waals surface area contributed by atoms with Crippen LogP contribution in [0.1, 0.15) is 5.56 Å². The van der Waals surface area contributed by atoms with Gasteiger partial charge in [-0.2, -0.15) is 0 Å². The molecule has 2 rings (SSSR count). The van der Waals surface area contributed by atoms with Gasteiger partial charge in [-0.3, -0.25) is 9.36 Å². The molecule has 1 aromatic heterocycles. The van der Waals surface area contributed by atoms with E-state index < -0.39 is 0 Å². The van der Waals surface area contributed by atoms with E-state index in [9.17, 15) is 4.79 Å². The number of aryl methyl sites for hydroxylation is 1. The molecule has 4 heteroatoms. The Hall–Kier alpha value is -1.74. The number of hydrogen-bond donors (Lipinski definition) is 1. The molecule has 0 aliphatic carbocycles. The number of nitrogens with zero attached hydrogens (tertiary/aromatic N) is 1. The Balaban J connectivity index is 2.67. The minimum Gasteiger partial charge on any atom is -0.399 e. The Morgan fingerprint density at radius 1 is 1.25 bits per heavy atom. The zero-order valence-corrected chi connectivity index (χ0v) is 9.53. The highest BCUT2D eigenvalue weighted by Crippen LogP contribution is 2.21. The Morgan fingerprint density at radius 3 is 2.69 bits per heavy atom. The van der Waals surface area contributed by atoms with Gasteiger partial charge < -0.3 is 5.73 Å². The molecule has 0 amide bonds. The van der Waals surface area contributed by atoms with Gasteiger partial charge in [0.1, 0.15) is 0 Å². The lowest BCUT2D eigenvalue weighted by Gasteiger charge is -2.08. The number of nitrogens with two attached hydrogens (primary N) is 1. The van der Waals surface area contributed by atoms with Crippen molar-refractivity contribution in [1.82, 2.24) is 4.57 Å². The number of rotatable bonds is 1. The van der Waals surface area contributed by atoms with Gasteiger partial charge in [0.15, 0.2) is 0 Å². The number of halogens is 1. The van der Waals surface area contributed by atoms with Crippen LogP contribution in [0.4, 0.5) is 5.69 Å². The van der Waals surface area contributed by atoms with Crippen molar-refractivity contribution < 1.29 is 0 Å². The van der Waals surface area contributed by atoms with Crippen molar-refractivity contribution in [3.05, 3.63) is 57.5 Å². The summed E-state index contributed by atoms with van der Waals surface area (Å²) >= 11 is 6.05. The second-order valence-electron chi connectivity index (χ2n) is 3.63. The normalized spacial score (nSPS) is 10.4. The van der Waals surface area contributed by atoms with Crippen LogP contribution in [0.5, 0.6) is 0 Å². The summed E-state index contributed by atoms with van der Waals surface area (Å²) in [5, 5.41) is 0.465. The number of hydrogen-bond acceptors (Lipinski definition) is 2. The van der Waals surface area contributed by atoms with E-state index in [1.54, 1.807) is 30.5 Å². The standard InChI is InChI=1S/C12H11ClN2O/c1-8-2-5-12(16)15(7-8)11-4-3-9(14)6-10(11)13/h2-7H,14H2,1H3. The molecule has 0 aliphatic heterocycles. The summed E-state index contributed by atoms with van der Waals surface area (Å²) in [4.78, 5) is 11.7. The van der Waals surface area contributed by atoms with Gasteiger partial charge in [0.25, 0.3) is 5.56 Å². The summed E-state index contributed by atoms with van der Waals surface area (Å²) in [6, 6.07) is 8.37. The Bertz CT molecular complexity index is 590. The number of pyridine rings is 1. The predicted molar refractivity (Wildman–Crippen MR) is 66.2 cm³/mol. The average molecular weight is 235 g/mol. The van der Waals surface area contributed by atoms with Crippen molar-refractivity contribution in [1.29, 1.82) is 0 Å². The SMILES string of the molecule is Cc1ccc(=O)n(-c2ccc(N)cc2Cl)c1. The van der Waals surface area contributed by atoms with Crippen LogP contribution in [0.15, 0.2) is 41.3 Å². The molecule has 0 atom stereocenters. The van der Waals surface area contributed by atoms with Crippen molar-refractivity contribution in [3.8, 4) is 5.69 Å². The topological polar surface area (TPSA) is 48.0 Å². The molecule has 16 heavy (non-hydrogen) atoms. The van der Waals surface area contributed by atoms with Gasteiger partial charge in [0, 0.05) is 18.0 Å². The van der Waals surface area contributed by atoms with Crippen LogP contribution >= 0.6 is 11.6 Å². The summed E-state index contributed by atoms with van der Waals surface area (Å²) in [6.07, 6.45) is 1.75. The molecule has 2 N–H and O–H groups in total. The predicted octanol–water partition coefficient (Wildman–Crippen LogP) is 2.38. The van der Waals surface area contributed by atoms with Gasteiger partial charge >= 0.3 is 0 Å². The lowest BCUT2D eigenvalue weighted by molar-refractivity contribution is 0.977. The first kappa shape index (κ1) is 10.8. The average Bonchev–Trinajstić information content (AvgIpc) is 2.22. The summed E-state index contributed by atoms with van der Waals surface area (Å²) in [6.45, 7) is 1.92. The van der Waals surface area contributed by atoms with E-state index in [0.29, 0.717) is 16.4 Å². The van der Waals surface area contributed by atoms with E-state index in [1.807, 2.05) is 6.92 Å². The molecule has 0 spiro atoms. The molecule has 82 valence electrons. The van der Waals surface area contributed by atoms with Gasteiger partial charge in [-0.25, -0.2) is 0 Å². The van der Waals surface area contributed by atoms with Crippen molar-refractivity contribution in [3.63, 3.8) is 0 Å².